The van der Waals surface area contributed by atoms with Gasteiger partial charge in [0.1, 0.15) is 11.8 Å². The summed E-state index contributed by atoms with van der Waals surface area (Å²) in [6, 6.07) is 12.9. The fourth-order valence-electron chi connectivity index (χ4n) is 3.62. The Morgan fingerprint density at radius 3 is 2.44 bits per heavy atom. The molecule has 1 aliphatic heterocycles. The predicted octanol–water partition coefficient (Wildman–Crippen LogP) is 2.73. The number of hydrogen-bond acceptors (Lipinski definition) is 6. The third-order valence-corrected chi connectivity index (χ3v) is 7.23. The summed E-state index contributed by atoms with van der Waals surface area (Å²) in [6.07, 6.45) is 2.05. The summed E-state index contributed by atoms with van der Waals surface area (Å²) in [6.45, 7) is -2.99. The maximum absolute atomic E-state index is 13.0. The van der Waals surface area contributed by atoms with E-state index in [0.717, 1.165) is 9.87 Å². The standard InChI is InChI=1S/C23H26F2N2O6S/c24-23(25)33-18-11-9-17(10-12-18)13-14-26-21(28)16-32-22(29)20-8-4-5-15-27(20)34(30,31)19-6-2-1-3-7-19/h1-3,6-7,9-12,20,23H,4-5,8,13-16H2,(H,26,28). The van der Waals surface area contributed by atoms with E-state index in [9.17, 15) is 26.8 Å². The van der Waals surface area contributed by atoms with E-state index in [1.54, 1.807) is 30.3 Å². The molecule has 3 rings (SSSR count). The number of alkyl halides is 2. The zero-order chi connectivity index (χ0) is 24.6. The van der Waals surface area contributed by atoms with E-state index in [2.05, 4.69) is 10.1 Å². The third kappa shape index (κ3) is 6.97. The molecule has 2 aromatic rings. The summed E-state index contributed by atoms with van der Waals surface area (Å²) in [5, 5.41) is 2.60. The Labute approximate surface area is 196 Å². The van der Waals surface area contributed by atoms with Gasteiger partial charge in [0, 0.05) is 13.1 Å². The Morgan fingerprint density at radius 2 is 1.76 bits per heavy atom. The molecule has 0 aromatic heterocycles. The Hall–Kier alpha value is -3.05. The number of carbonyl (C=O) groups is 2. The van der Waals surface area contributed by atoms with E-state index in [-0.39, 0.29) is 23.7 Å². The van der Waals surface area contributed by atoms with Gasteiger partial charge in [0.2, 0.25) is 10.0 Å². The number of amides is 1. The molecule has 1 heterocycles. The fraction of sp³-hybridized carbons (Fsp3) is 0.391. The second-order valence-corrected chi connectivity index (χ2v) is 9.56. The highest BCUT2D eigenvalue weighted by molar-refractivity contribution is 7.89. The summed E-state index contributed by atoms with van der Waals surface area (Å²) in [5.41, 5.74) is 0.794. The highest BCUT2D eigenvalue weighted by Gasteiger charge is 2.38. The Kier molecular flexibility index (Phi) is 8.94. The lowest BCUT2D eigenvalue weighted by molar-refractivity contribution is -0.153. The van der Waals surface area contributed by atoms with Gasteiger partial charge in [0.05, 0.1) is 4.90 Å². The highest BCUT2D eigenvalue weighted by atomic mass is 32.2. The quantitative estimate of drug-likeness (QED) is 0.508. The SMILES string of the molecule is O=C(COC(=O)C1CCCCN1S(=O)(=O)c1ccccc1)NCCc1ccc(OC(F)F)cc1. The van der Waals surface area contributed by atoms with Gasteiger partial charge in [0.15, 0.2) is 6.61 Å². The van der Waals surface area contributed by atoms with Crippen LogP contribution in [0.15, 0.2) is 59.5 Å². The maximum Gasteiger partial charge on any atom is 0.387 e. The van der Waals surface area contributed by atoms with Gasteiger partial charge in [-0.05, 0) is 55.5 Å². The van der Waals surface area contributed by atoms with Gasteiger partial charge in [-0.25, -0.2) is 8.42 Å². The molecule has 1 atom stereocenters. The normalized spacial score (nSPS) is 16.7. The highest BCUT2D eigenvalue weighted by Crippen LogP contribution is 2.26. The topological polar surface area (TPSA) is 102 Å². The molecule has 1 fully saturated rings. The van der Waals surface area contributed by atoms with Gasteiger partial charge in [-0.2, -0.15) is 13.1 Å². The van der Waals surface area contributed by atoms with E-state index >= 15 is 0 Å². The Balaban J connectivity index is 1.47. The lowest BCUT2D eigenvalue weighted by Crippen LogP contribution is -2.49. The molecular weight excluding hydrogens is 470 g/mol. The fourth-order valence-corrected chi connectivity index (χ4v) is 5.29. The van der Waals surface area contributed by atoms with E-state index in [4.69, 9.17) is 4.74 Å². The number of ether oxygens (including phenoxy) is 2. The zero-order valence-corrected chi connectivity index (χ0v) is 19.2. The molecule has 1 unspecified atom stereocenters. The van der Waals surface area contributed by atoms with Crippen molar-refractivity contribution in [3.63, 3.8) is 0 Å². The van der Waals surface area contributed by atoms with Crippen molar-refractivity contribution in [1.29, 1.82) is 0 Å². The summed E-state index contributed by atoms with van der Waals surface area (Å²) < 4.78 is 60.9. The molecule has 0 aliphatic carbocycles. The number of hydrogen-bond donors (Lipinski definition) is 1. The molecule has 0 spiro atoms. The van der Waals surface area contributed by atoms with Crippen molar-refractivity contribution in [2.45, 2.75) is 43.2 Å². The van der Waals surface area contributed by atoms with Crippen LogP contribution in [0.5, 0.6) is 5.75 Å². The van der Waals surface area contributed by atoms with Crippen LogP contribution in [0, 0.1) is 0 Å². The number of halogens is 2. The monoisotopic (exact) mass is 496 g/mol. The first-order chi connectivity index (χ1) is 16.3. The minimum Gasteiger partial charge on any atom is -0.454 e. The molecule has 1 saturated heterocycles. The zero-order valence-electron chi connectivity index (χ0n) is 18.4. The first-order valence-electron chi connectivity index (χ1n) is 10.8. The summed E-state index contributed by atoms with van der Waals surface area (Å²) in [7, 11) is -3.87. The van der Waals surface area contributed by atoms with Gasteiger partial charge >= 0.3 is 12.6 Å². The van der Waals surface area contributed by atoms with E-state index in [1.807, 2.05) is 0 Å². The van der Waals surface area contributed by atoms with E-state index < -0.39 is 41.2 Å². The van der Waals surface area contributed by atoms with Crippen LogP contribution in [0.4, 0.5) is 8.78 Å². The molecule has 11 heteroatoms. The molecule has 0 radical (unpaired) electrons. The van der Waals surface area contributed by atoms with Crippen molar-refractivity contribution in [2.24, 2.45) is 0 Å². The average molecular weight is 497 g/mol. The van der Waals surface area contributed by atoms with Crippen LogP contribution in [0.1, 0.15) is 24.8 Å². The first-order valence-corrected chi connectivity index (χ1v) is 12.3. The van der Waals surface area contributed by atoms with Gasteiger partial charge < -0.3 is 14.8 Å². The average Bonchev–Trinajstić information content (AvgIpc) is 2.84. The van der Waals surface area contributed by atoms with Gasteiger partial charge in [-0.15, -0.1) is 0 Å². The van der Waals surface area contributed by atoms with Crippen LogP contribution < -0.4 is 10.1 Å². The summed E-state index contributed by atoms with van der Waals surface area (Å²) in [4.78, 5) is 24.8. The second kappa shape index (κ2) is 11.9. The predicted molar refractivity (Wildman–Crippen MR) is 119 cm³/mol. The molecule has 2 aromatic carbocycles. The van der Waals surface area contributed by atoms with Crippen molar-refractivity contribution in [3.8, 4) is 5.75 Å². The smallest absolute Gasteiger partial charge is 0.387 e. The molecule has 184 valence electrons. The van der Waals surface area contributed by atoms with Crippen LogP contribution in [0.2, 0.25) is 0 Å². The van der Waals surface area contributed by atoms with Gasteiger partial charge in [-0.1, -0.05) is 30.3 Å². The Bertz CT molecular complexity index is 1060. The maximum atomic E-state index is 13.0. The molecule has 0 saturated carbocycles. The lowest BCUT2D eigenvalue weighted by Gasteiger charge is -2.32. The Morgan fingerprint density at radius 1 is 1.06 bits per heavy atom. The second-order valence-electron chi connectivity index (χ2n) is 7.67. The van der Waals surface area contributed by atoms with Crippen LogP contribution >= 0.6 is 0 Å². The number of sulfonamides is 1. The number of nitrogens with one attached hydrogen (secondary N) is 1. The minimum atomic E-state index is -3.87. The molecule has 8 nitrogen and oxygen atoms in total. The molecule has 1 amide bonds. The van der Waals surface area contributed by atoms with Crippen LogP contribution in [0.25, 0.3) is 0 Å². The lowest BCUT2D eigenvalue weighted by atomic mass is 10.1. The van der Waals surface area contributed by atoms with Crippen LogP contribution in [0.3, 0.4) is 0 Å². The van der Waals surface area contributed by atoms with Crippen LogP contribution in [-0.2, 0) is 30.8 Å². The van der Waals surface area contributed by atoms with E-state index in [1.165, 1.54) is 24.3 Å². The number of esters is 1. The van der Waals surface area contributed by atoms with Crippen molar-refractivity contribution < 1.29 is 36.3 Å². The summed E-state index contributed by atoms with van der Waals surface area (Å²) in [5.74, 6) is -1.25. The van der Waals surface area contributed by atoms with Gasteiger partial charge in [-0.3, -0.25) is 9.59 Å². The molecule has 1 aliphatic rings. The minimum absolute atomic E-state index is 0.0423. The number of piperidine rings is 1. The summed E-state index contributed by atoms with van der Waals surface area (Å²) >= 11 is 0. The van der Waals surface area contributed by atoms with Crippen molar-refractivity contribution in [3.05, 3.63) is 60.2 Å². The number of nitrogens with zero attached hydrogens (tertiary/aromatic N) is 1. The number of benzene rings is 2. The third-order valence-electron chi connectivity index (χ3n) is 5.31. The first kappa shape index (κ1) is 25.6. The largest absolute Gasteiger partial charge is 0.454 e. The molecule has 1 N–H and O–H groups in total. The van der Waals surface area contributed by atoms with Crippen molar-refractivity contribution in [1.82, 2.24) is 9.62 Å². The van der Waals surface area contributed by atoms with E-state index in [0.29, 0.717) is 25.7 Å². The number of rotatable bonds is 10. The van der Waals surface area contributed by atoms with Crippen molar-refractivity contribution in [2.75, 3.05) is 19.7 Å². The van der Waals surface area contributed by atoms with Gasteiger partial charge in [0.25, 0.3) is 5.91 Å². The van der Waals surface area contributed by atoms with Crippen molar-refractivity contribution >= 4 is 21.9 Å². The number of carbonyl (C=O) groups excluding carboxylic acids is 2. The molecule has 34 heavy (non-hydrogen) atoms. The molecule has 0 bridgehead atoms. The van der Waals surface area contributed by atoms with Crippen LogP contribution in [-0.4, -0.2) is 56.9 Å². The molecular formula is C23H26F2N2O6S.